The molecule has 0 saturated heterocycles. The fourth-order valence-corrected chi connectivity index (χ4v) is 3.23. The summed E-state index contributed by atoms with van der Waals surface area (Å²) >= 11 is 7.20. The Morgan fingerprint density at radius 2 is 2.00 bits per heavy atom. The maximum absolute atomic E-state index is 12.7. The molecule has 2 aromatic heterocycles. The van der Waals surface area contributed by atoms with Crippen molar-refractivity contribution in [2.24, 2.45) is 7.05 Å². The monoisotopic (exact) mass is 368 g/mol. The molecule has 0 bridgehead atoms. The molecule has 2 heterocycles. The summed E-state index contributed by atoms with van der Waals surface area (Å²) in [5.74, 6) is 1.10. The van der Waals surface area contributed by atoms with Crippen molar-refractivity contribution in [2.45, 2.75) is 44.7 Å². The van der Waals surface area contributed by atoms with Crippen molar-refractivity contribution in [3.63, 3.8) is 0 Å². The zero-order valence-corrected chi connectivity index (χ0v) is 15.9. The minimum Gasteiger partial charge on any atom is -0.277 e. The van der Waals surface area contributed by atoms with Gasteiger partial charge in [-0.2, -0.15) is 0 Å². The van der Waals surface area contributed by atoms with Crippen LogP contribution in [0.15, 0.2) is 26.2 Å². The predicted octanol–water partition coefficient (Wildman–Crippen LogP) is 2.87. The Balaban J connectivity index is 2.90. The smallest absolute Gasteiger partial charge is 0.277 e. The number of aromatic nitrogens is 4. The van der Waals surface area contributed by atoms with Crippen molar-refractivity contribution in [2.75, 3.05) is 5.75 Å². The molecule has 0 aliphatic carbocycles. The molecule has 0 atom stereocenters. The molecule has 130 valence electrons. The highest BCUT2D eigenvalue weighted by Crippen LogP contribution is 2.26. The molecule has 24 heavy (non-hydrogen) atoms. The maximum Gasteiger partial charge on any atom is 0.332 e. The van der Waals surface area contributed by atoms with Gasteiger partial charge in [-0.05, 0) is 6.42 Å². The molecule has 0 amide bonds. The summed E-state index contributed by atoms with van der Waals surface area (Å²) in [6, 6.07) is 0. The Morgan fingerprint density at radius 3 is 2.54 bits per heavy atom. The average molecular weight is 369 g/mol. The second kappa shape index (κ2) is 7.53. The zero-order valence-electron chi connectivity index (χ0n) is 14.3. The highest BCUT2D eigenvalue weighted by molar-refractivity contribution is 7.99. The molecule has 0 aliphatic rings. The van der Waals surface area contributed by atoms with Crippen LogP contribution in [0.3, 0.4) is 0 Å². The summed E-state index contributed by atoms with van der Waals surface area (Å²) in [6.07, 6.45) is 0.759. The van der Waals surface area contributed by atoms with Gasteiger partial charge in [0.1, 0.15) is 16.2 Å². The van der Waals surface area contributed by atoms with E-state index in [1.54, 1.807) is 4.57 Å². The number of aryl methyl sites for hydroxylation is 1. The number of fused-ring (bicyclic) bond motifs is 1. The Kier molecular flexibility index (Phi) is 5.87. The SMILES string of the molecule is C=C(Cl)CSc1nc(C(C)C)nc2c1c(=O)n(C)c(=O)n2CCC. The van der Waals surface area contributed by atoms with Gasteiger partial charge in [-0.3, -0.25) is 13.9 Å². The number of nitrogens with zero attached hydrogens (tertiary/aromatic N) is 4. The van der Waals surface area contributed by atoms with E-state index < -0.39 is 0 Å². The van der Waals surface area contributed by atoms with Crippen LogP contribution in [0, 0.1) is 0 Å². The van der Waals surface area contributed by atoms with Gasteiger partial charge in [0.2, 0.25) is 0 Å². The van der Waals surface area contributed by atoms with E-state index in [9.17, 15) is 9.59 Å². The highest BCUT2D eigenvalue weighted by Gasteiger charge is 2.19. The van der Waals surface area contributed by atoms with Gasteiger partial charge in [-0.25, -0.2) is 14.8 Å². The number of hydrogen-bond acceptors (Lipinski definition) is 5. The van der Waals surface area contributed by atoms with Crippen molar-refractivity contribution in [1.82, 2.24) is 19.1 Å². The average Bonchev–Trinajstić information content (AvgIpc) is 2.53. The first-order chi connectivity index (χ1) is 11.3. The third-order valence-electron chi connectivity index (χ3n) is 3.50. The molecule has 2 aromatic rings. The van der Waals surface area contributed by atoms with Crippen LogP contribution in [0.5, 0.6) is 0 Å². The van der Waals surface area contributed by atoms with Crippen molar-refractivity contribution < 1.29 is 0 Å². The third-order valence-corrected chi connectivity index (χ3v) is 4.85. The fraction of sp³-hybridized carbons (Fsp3) is 0.500. The fourth-order valence-electron chi connectivity index (χ4n) is 2.29. The van der Waals surface area contributed by atoms with Gasteiger partial charge in [0.05, 0.1) is 0 Å². The minimum atomic E-state index is -0.389. The van der Waals surface area contributed by atoms with Crippen molar-refractivity contribution in [3.8, 4) is 0 Å². The third kappa shape index (κ3) is 3.57. The summed E-state index contributed by atoms with van der Waals surface area (Å²) in [5, 5.41) is 1.37. The van der Waals surface area contributed by atoms with Gasteiger partial charge in [0, 0.05) is 30.3 Å². The van der Waals surface area contributed by atoms with Gasteiger partial charge >= 0.3 is 5.69 Å². The van der Waals surface area contributed by atoms with Crippen LogP contribution in [0.2, 0.25) is 0 Å². The summed E-state index contributed by atoms with van der Waals surface area (Å²) in [6.45, 7) is 10.1. The molecule has 0 aromatic carbocycles. The number of rotatable bonds is 6. The van der Waals surface area contributed by atoms with E-state index in [4.69, 9.17) is 11.6 Å². The molecule has 0 radical (unpaired) electrons. The van der Waals surface area contributed by atoms with Crippen LogP contribution < -0.4 is 11.2 Å². The topological polar surface area (TPSA) is 69.8 Å². The molecule has 6 nitrogen and oxygen atoms in total. The first-order valence-corrected chi connectivity index (χ1v) is 9.11. The first-order valence-electron chi connectivity index (χ1n) is 7.75. The van der Waals surface area contributed by atoms with Crippen LogP contribution in [-0.4, -0.2) is 24.9 Å². The Labute approximate surface area is 149 Å². The molecule has 8 heteroatoms. The molecular formula is C16H21ClN4O2S. The summed E-state index contributed by atoms with van der Waals surface area (Å²) < 4.78 is 2.65. The van der Waals surface area contributed by atoms with E-state index in [-0.39, 0.29) is 17.2 Å². The van der Waals surface area contributed by atoms with Gasteiger partial charge < -0.3 is 0 Å². The largest absolute Gasteiger partial charge is 0.332 e. The van der Waals surface area contributed by atoms with Crippen molar-refractivity contribution in [1.29, 1.82) is 0 Å². The van der Waals surface area contributed by atoms with Crippen molar-refractivity contribution in [3.05, 3.63) is 38.3 Å². The Hall–Kier alpha value is -1.60. The van der Waals surface area contributed by atoms with E-state index >= 15 is 0 Å². The molecule has 0 N–H and O–H groups in total. The lowest BCUT2D eigenvalue weighted by atomic mass is 10.2. The van der Waals surface area contributed by atoms with Crippen LogP contribution in [0.25, 0.3) is 11.0 Å². The second-order valence-corrected chi connectivity index (χ2v) is 7.34. The quantitative estimate of drug-likeness (QED) is 0.579. The summed E-state index contributed by atoms with van der Waals surface area (Å²) in [7, 11) is 1.47. The lowest BCUT2D eigenvalue weighted by Gasteiger charge is -2.15. The van der Waals surface area contributed by atoms with Crippen LogP contribution in [0.1, 0.15) is 38.9 Å². The molecule has 0 spiro atoms. The lowest BCUT2D eigenvalue weighted by Crippen LogP contribution is -2.39. The van der Waals surface area contributed by atoms with E-state index in [1.807, 2.05) is 20.8 Å². The van der Waals surface area contributed by atoms with Gasteiger partial charge in [0.25, 0.3) is 5.56 Å². The normalized spacial score (nSPS) is 11.4. The lowest BCUT2D eigenvalue weighted by molar-refractivity contribution is 0.603. The molecule has 0 aliphatic heterocycles. The van der Waals surface area contributed by atoms with Crippen LogP contribution in [-0.2, 0) is 13.6 Å². The second-order valence-electron chi connectivity index (χ2n) is 5.84. The number of halogens is 1. The number of thioether (sulfide) groups is 1. The van der Waals surface area contributed by atoms with Crippen LogP contribution in [0.4, 0.5) is 0 Å². The maximum atomic E-state index is 12.7. The van der Waals surface area contributed by atoms with Gasteiger partial charge in [-0.15, -0.1) is 0 Å². The molecule has 0 saturated carbocycles. The van der Waals surface area contributed by atoms with E-state index in [0.717, 1.165) is 11.0 Å². The molecular weight excluding hydrogens is 348 g/mol. The van der Waals surface area contributed by atoms with E-state index in [1.165, 1.54) is 18.8 Å². The first kappa shape index (κ1) is 18.7. The summed E-state index contributed by atoms with van der Waals surface area (Å²) in [5.41, 5.74) is -0.355. The Bertz CT molecular complexity index is 902. The summed E-state index contributed by atoms with van der Waals surface area (Å²) in [4.78, 5) is 34.2. The van der Waals surface area contributed by atoms with E-state index in [0.29, 0.717) is 39.2 Å². The zero-order chi connectivity index (χ0) is 18.0. The van der Waals surface area contributed by atoms with Gasteiger partial charge in [0.15, 0.2) is 5.65 Å². The van der Waals surface area contributed by atoms with Gasteiger partial charge in [-0.1, -0.05) is 50.7 Å². The standard InChI is InChI=1S/C16H21ClN4O2S/c1-6-7-21-13-11(15(22)20(5)16(21)23)14(24-8-10(4)17)19-12(18-13)9(2)3/h9H,4,6-8H2,1-3,5H3. The molecule has 2 rings (SSSR count). The van der Waals surface area contributed by atoms with Crippen LogP contribution >= 0.6 is 23.4 Å². The predicted molar refractivity (Wildman–Crippen MR) is 99.1 cm³/mol. The van der Waals surface area contributed by atoms with E-state index in [2.05, 4.69) is 16.5 Å². The molecule has 0 fully saturated rings. The van der Waals surface area contributed by atoms with Crippen molar-refractivity contribution >= 4 is 34.4 Å². The minimum absolute atomic E-state index is 0.0715. The number of hydrogen-bond donors (Lipinski definition) is 0. The highest BCUT2D eigenvalue weighted by atomic mass is 35.5. The molecule has 0 unspecified atom stereocenters. The Morgan fingerprint density at radius 1 is 1.33 bits per heavy atom.